The SMILES string of the molecule is CC(NCc1ccccc1CCc1ccc(N)cc1)(O[Si](C)(C)C(C)(C)C)c1ccc(OCc2ccccc2)c2[nH]c(=O)ccc12. The van der Waals surface area contributed by atoms with Gasteiger partial charge in [-0.05, 0) is 84.4 Å². The van der Waals surface area contributed by atoms with Gasteiger partial charge in [0.25, 0.3) is 0 Å². The molecule has 0 saturated heterocycles. The molecule has 0 saturated carbocycles. The van der Waals surface area contributed by atoms with Crippen molar-refractivity contribution in [2.24, 2.45) is 0 Å². The molecule has 4 N–H and O–H groups in total. The standard InChI is InChI=1S/C39H47N3O3Si/c1-38(2,3)46(5,6)45-39(4,41-26-31-15-11-10-14-30(31)19-16-28-17-20-32(40)21-18-28)34-23-24-35(37-33(34)22-25-36(43)42-37)44-27-29-12-8-7-9-13-29/h7-15,17-18,20-25,41H,16,19,26-27,40H2,1-6H3,(H,42,43). The number of ether oxygens (including phenoxy) is 1. The number of fused-ring (bicyclic) bond motifs is 1. The predicted octanol–water partition coefficient (Wildman–Crippen LogP) is 8.46. The number of rotatable bonds is 12. The van der Waals surface area contributed by atoms with E-state index in [2.05, 4.69) is 93.6 Å². The highest BCUT2D eigenvalue weighted by atomic mass is 28.4. The Balaban J connectivity index is 1.50. The van der Waals surface area contributed by atoms with E-state index in [4.69, 9.17) is 14.9 Å². The predicted molar refractivity (Wildman–Crippen MR) is 193 cm³/mol. The van der Waals surface area contributed by atoms with Crippen molar-refractivity contribution in [3.63, 3.8) is 0 Å². The van der Waals surface area contributed by atoms with E-state index >= 15 is 0 Å². The lowest BCUT2D eigenvalue weighted by Crippen LogP contribution is -2.53. The minimum Gasteiger partial charge on any atom is -0.487 e. The van der Waals surface area contributed by atoms with Gasteiger partial charge in [0.05, 0.1) is 5.52 Å². The molecule has 1 atom stereocenters. The van der Waals surface area contributed by atoms with Gasteiger partial charge in [0, 0.05) is 29.2 Å². The number of nitrogens with two attached hydrogens (primary N) is 1. The molecule has 0 radical (unpaired) electrons. The molecule has 0 aliphatic rings. The first-order chi connectivity index (χ1) is 21.8. The van der Waals surface area contributed by atoms with Gasteiger partial charge in [0.2, 0.25) is 5.56 Å². The second-order valence-electron chi connectivity index (χ2n) is 13.8. The van der Waals surface area contributed by atoms with Crippen LogP contribution < -0.4 is 21.3 Å². The number of benzene rings is 4. The second kappa shape index (κ2) is 13.7. The van der Waals surface area contributed by atoms with Gasteiger partial charge in [-0.25, -0.2) is 0 Å². The minimum atomic E-state index is -2.29. The minimum absolute atomic E-state index is 0.0181. The Labute approximate surface area is 274 Å². The molecule has 5 aromatic rings. The zero-order valence-electron chi connectivity index (χ0n) is 27.9. The number of nitrogens with one attached hydrogen (secondary N) is 2. The third kappa shape index (κ3) is 7.78. The molecule has 240 valence electrons. The lowest BCUT2D eigenvalue weighted by atomic mass is 9.96. The van der Waals surface area contributed by atoms with Gasteiger partial charge in [0.15, 0.2) is 8.32 Å². The van der Waals surface area contributed by atoms with E-state index in [0.717, 1.165) is 35.0 Å². The van der Waals surface area contributed by atoms with Crippen molar-refractivity contribution in [3.8, 4) is 5.75 Å². The number of aromatic amines is 1. The number of hydrogen-bond donors (Lipinski definition) is 3. The summed E-state index contributed by atoms with van der Waals surface area (Å²) in [5, 5.41) is 4.72. The van der Waals surface area contributed by atoms with Gasteiger partial charge in [0.1, 0.15) is 18.1 Å². The van der Waals surface area contributed by atoms with Crippen molar-refractivity contribution < 1.29 is 9.16 Å². The molecule has 6 nitrogen and oxygen atoms in total. The monoisotopic (exact) mass is 633 g/mol. The molecule has 4 aromatic carbocycles. The fraction of sp³-hybridized carbons (Fsp3) is 0.308. The number of H-pyrrole nitrogens is 1. The van der Waals surface area contributed by atoms with Crippen molar-refractivity contribution in [2.75, 3.05) is 5.73 Å². The van der Waals surface area contributed by atoms with Crippen LogP contribution in [-0.4, -0.2) is 13.3 Å². The third-order valence-electron chi connectivity index (χ3n) is 9.27. The largest absolute Gasteiger partial charge is 0.487 e. The van der Waals surface area contributed by atoms with Crippen molar-refractivity contribution in [2.45, 2.75) is 77.5 Å². The molecule has 0 spiro atoms. The van der Waals surface area contributed by atoms with E-state index < -0.39 is 14.0 Å². The van der Waals surface area contributed by atoms with E-state index in [1.165, 1.54) is 16.7 Å². The number of hydrogen-bond acceptors (Lipinski definition) is 5. The van der Waals surface area contributed by atoms with Crippen LogP contribution in [0.3, 0.4) is 0 Å². The molecular formula is C39H47N3O3Si. The molecule has 0 aliphatic carbocycles. The normalized spacial score (nSPS) is 13.4. The Morgan fingerprint density at radius 3 is 2.13 bits per heavy atom. The molecule has 1 heterocycles. The second-order valence-corrected chi connectivity index (χ2v) is 18.5. The molecule has 1 unspecified atom stereocenters. The summed E-state index contributed by atoms with van der Waals surface area (Å²) in [5.74, 6) is 0.628. The number of aryl methyl sites for hydroxylation is 2. The average molecular weight is 634 g/mol. The fourth-order valence-corrected chi connectivity index (χ4v) is 7.06. The maximum Gasteiger partial charge on any atom is 0.248 e. The van der Waals surface area contributed by atoms with Gasteiger partial charge >= 0.3 is 0 Å². The van der Waals surface area contributed by atoms with E-state index in [1.807, 2.05) is 54.6 Å². The zero-order valence-corrected chi connectivity index (χ0v) is 28.9. The number of aromatic nitrogens is 1. The van der Waals surface area contributed by atoms with E-state index in [0.29, 0.717) is 24.4 Å². The molecule has 0 amide bonds. The van der Waals surface area contributed by atoms with Crippen molar-refractivity contribution in [1.29, 1.82) is 0 Å². The molecule has 0 aliphatic heterocycles. The lowest BCUT2D eigenvalue weighted by Gasteiger charge is -2.45. The smallest absolute Gasteiger partial charge is 0.248 e. The van der Waals surface area contributed by atoms with Crippen molar-refractivity contribution in [1.82, 2.24) is 10.3 Å². The lowest BCUT2D eigenvalue weighted by molar-refractivity contribution is 0.0323. The molecule has 0 bridgehead atoms. The first kappa shape index (κ1) is 33.2. The molecular weight excluding hydrogens is 587 g/mol. The third-order valence-corrected chi connectivity index (χ3v) is 13.8. The van der Waals surface area contributed by atoms with Gasteiger partial charge in [-0.3, -0.25) is 10.1 Å². The zero-order chi connectivity index (χ0) is 33.0. The summed E-state index contributed by atoms with van der Waals surface area (Å²) >= 11 is 0. The highest BCUT2D eigenvalue weighted by molar-refractivity contribution is 6.74. The van der Waals surface area contributed by atoms with Gasteiger partial charge in [-0.15, -0.1) is 0 Å². The fourth-order valence-electron chi connectivity index (χ4n) is 5.55. The van der Waals surface area contributed by atoms with Crippen LogP contribution in [0.1, 0.15) is 55.5 Å². The molecule has 0 fully saturated rings. The van der Waals surface area contributed by atoms with Crippen LogP contribution in [0.5, 0.6) is 5.75 Å². The molecule has 1 aromatic heterocycles. The molecule has 7 heteroatoms. The van der Waals surface area contributed by atoms with E-state index in [-0.39, 0.29) is 10.6 Å². The maximum atomic E-state index is 12.6. The summed E-state index contributed by atoms with van der Waals surface area (Å²) < 4.78 is 13.5. The van der Waals surface area contributed by atoms with Crippen LogP contribution in [0.4, 0.5) is 5.69 Å². The van der Waals surface area contributed by atoms with E-state index in [1.54, 1.807) is 6.07 Å². The maximum absolute atomic E-state index is 12.6. The van der Waals surface area contributed by atoms with Crippen molar-refractivity contribution >= 4 is 24.9 Å². The number of anilines is 1. The first-order valence-corrected chi connectivity index (χ1v) is 19.0. The van der Waals surface area contributed by atoms with E-state index in [9.17, 15) is 4.79 Å². The highest BCUT2D eigenvalue weighted by Crippen LogP contribution is 2.43. The number of pyridine rings is 1. The summed E-state index contributed by atoms with van der Waals surface area (Å²) in [4.78, 5) is 15.7. The van der Waals surface area contributed by atoms with Crippen LogP contribution in [0, 0.1) is 0 Å². The molecule has 46 heavy (non-hydrogen) atoms. The van der Waals surface area contributed by atoms with Gasteiger partial charge < -0.3 is 19.9 Å². The Kier molecular flexibility index (Phi) is 9.87. The van der Waals surface area contributed by atoms with Crippen LogP contribution >= 0.6 is 0 Å². The topological polar surface area (TPSA) is 89.4 Å². The van der Waals surface area contributed by atoms with Crippen LogP contribution in [0.2, 0.25) is 18.1 Å². The van der Waals surface area contributed by atoms with Crippen LogP contribution in [0.25, 0.3) is 10.9 Å². The first-order valence-electron chi connectivity index (χ1n) is 16.0. The average Bonchev–Trinajstić information content (AvgIpc) is 3.02. The van der Waals surface area contributed by atoms with Gasteiger partial charge in [-0.1, -0.05) is 93.6 Å². The van der Waals surface area contributed by atoms with Crippen LogP contribution in [0.15, 0.2) is 108 Å². The summed E-state index contributed by atoms with van der Waals surface area (Å²) in [6, 6.07) is 34.2. The summed E-state index contributed by atoms with van der Waals surface area (Å²) in [5.41, 5.74) is 12.1. The summed E-state index contributed by atoms with van der Waals surface area (Å²) in [6.07, 6.45) is 1.84. The quantitative estimate of drug-likeness (QED) is 0.0729. The molecule has 5 rings (SSSR count). The van der Waals surface area contributed by atoms with Crippen molar-refractivity contribution in [3.05, 3.63) is 141 Å². The highest BCUT2D eigenvalue weighted by Gasteiger charge is 2.44. The summed E-state index contributed by atoms with van der Waals surface area (Å²) in [7, 11) is -2.29. The Morgan fingerprint density at radius 1 is 0.761 bits per heavy atom. The number of nitrogen functional groups attached to an aromatic ring is 1. The Bertz CT molecular complexity index is 1830. The Morgan fingerprint density at radius 2 is 1.43 bits per heavy atom. The Hall–Kier alpha value is -4.17. The summed E-state index contributed by atoms with van der Waals surface area (Å²) in [6.45, 7) is 14.4. The van der Waals surface area contributed by atoms with Gasteiger partial charge in [-0.2, -0.15) is 0 Å². The van der Waals surface area contributed by atoms with Crippen LogP contribution in [-0.2, 0) is 36.1 Å².